The lowest BCUT2D eigenvalue weighted by Gasteiger charge is -2.18. The molecular weight excluding hydrogens is 359 g/mol. The fraction of sp³-hybridized carbons (Fsp3) is 0.471. The van der Waals surface area contributed by atoms with Gasteiger partial charge >= 0.3 is 7.60 Å². The van der Waals surface area contributed by atoms with E-state index in [9.17, 15) is 14.2 Å². The van der Waals surface area contributed by atoms with Crippen molar-refractivity contribution in [3.05, 3.63) is 23.8 Å². The Labute approximate surface area is 153 Å². The molecular formula is C17H23N2O6P. The maximum Gasteiger partial charge on any atom is 0.367 e. The zero-order chi connectivity index (χ0) is 19.7. The molecule has 0 saturated carbocycles. The first kappa shape index (κ1) is 21.8. The predicted molar refractivity (Wildman–Crippen MR) is 95.9 cm³/mol. The van der Waals surface area contributed by atoms with Crippen LogP contribution in [0.25, 0.3) is 0 Å². The molecule has 0 heterocycles. The van der Waals surface area contributed by atoms with Gasteiger partial charge in [-0.3, -0.25) is 14.2 Å². The van der Waals surface area contributed by atoms with Crippen LogP contribution < -0.4 is 10.1 Å². The zero-order valence-corrected chi connectivity index (χ0v) is 16.2. The second-order valence-electron chi connectivity index (χ2n) is 5.36. The van der Waals surface area contributed by atoms with Crippen molar-refractivity contribution >= 4 is 25.0 Å². The van der Waals surface area contributed by atoms with E-state index >= 15 is 0 Å². The van der Waals surface area contributed by atoms with Gasteiger partial charge in [-0.2, -0.15) is 5.26 Å². The molecule has 0 radical (unpaired) electrons. The van der Waals surface area contributed by atoms with Crippen LogP contribution in [0.15, 0.2) is 18.2 Å². The van der Waals surface area contributed by atoms with Crippen molar-refractivity contribution in [1.29, 1.82) is 5.26 Å². The summed E-state index contributed by atoms with van der Waals surface area (Å²) in [6, 6.07) is 6.47. The Bertz CT molecular complexity index is 733. The highest BCUT2D eigenvalue weighted by atomic mass is 31.2. The Morgan fingerprint density at radius 2 is 1.88 bits per heavy atom. The SMILES string of the molecule is CCOP(=O)(COc1cc(NC(=O)C(C#N)C(C)=O)ccc1C)OCC. The monoisotopic (exact) mass is 382 g/mol. The van der Waals surface area contributed by atoms with Crippen molar-refractivity contribution in [2.45, 2.75) is 27.7 Å². The Morgan fingerprint density at radius 3 is 2.38 bits per heavy atom. The minimum atomic E-state index is -3.38. The predicted octanol–water partition coefficient (Wildman–Crippen LogP) is 3.26. The van der Waals surface area contributed by atoms with Gasteiger partial charge in [-0.05, 0) is 39.3 Å². The minimum absolute atomic E-state index is 0.219. The van der Waals surface area contributed by atoms with Crippen LogP contribution in [0.2, 0.25) is 0 Å². The Balaban J connectivity index is 2.90. The third-order valence-corrected chi connectivity index (χ3v) is 5.03. The van der Waals surface area contributed by atoms with E-state index in [0.29, 0.717) is 11.4 Å². The van der Waals surface area contributed by atoms with Crippen LogP contribution in [0.3, 0.4) is 0 Å². The van der Waals surface area contributed by atoms with Gasteiger partial charge in [0.25, 0.3) is 0 Å². The number of anilines is 1. The molecule has 0 aliphatic rings. The van der Waals surface area contributed by atoms with E-state index in [1.807, 2.05) is 0 Å². The van der Waals surface area contributed by atoms with Crippen LogP contribution in [0.5, 0.6) is 5.75 Å². The van der Waals surface area contributed by atoms with Crippen LogP contribution in [-0.4, -0.2) is 31.3 Å². The molecule has 1 aromatic carbocycles. The number of benzene rings is 1. The van der Waals surface area contributed by atoms with Crippen molar-refractivity contribution in [3.8, 4) is 11.8 Å². The highest BCUT2D eigenvalue weighted by Crippen LogP contribution is 2.48. The summed E-state index contributed by atoms with van der Waals surface area (Å²) in [6.45, 7) is 6.80. The zero-order valence-electron chi connectivity index (χ0n) is 15.3. The number of carbonyl (C=O) groups is 2. The Morgan fingerprint density at radius 1 is 1.27 bits per heavy atom. The number of ether oxygens (including phenoxy) is 1. The van der Waals surface area contributed by atoms with E-state index < -0.39 is 25.2 Å². The fourth-order valence-corrected chi connectivity index (χ4v) is 3.34. The van der Waals surface area contributed by atoms with E-state index in [0.717, 1.165) is 5.56 Å². The molecule has 9 heteroatoms. The van der Waals surface area contributed by atoms with Gasteiger partial charge in [0.1, 0.15) is 5.75 Å². The number of amides is 1. The van der Waals surface area contributed by atoms with Crippen molar-refractivity contribution in [2.75, 3.05) is 24.9 Å². The number of nitriles is 1. The van der Waals surface area contributed by atoms with Gasteiger partial charge in [-0.25, -0.2) is 0 Å². The average Bonchev–Trinajstić information content (AvgIpc) is 2.56. The van der Waals surface area contributed by atoms with Crippen molar-refractivity contribution in [3.63, 3.8) is 0 Å². The van der Waals surface area contributed by atoms with Crippen molar-refractivity contribution in [2.24, 2.45) is 5.92 Å². The largest absolute Gasteiger partial charge is 0.481 e. The Kier molecular flexibility index (Phi) is 8.46. The van der Waals surface area contributed by atoms with Gasteiger partial charge in [-0.15, -0.1) is 0 Å². The summed E-state index contributed by atoms with van der Waals surface area (Å²) >= 11 is 0. The van der Waals surface area contributed by atoms with Gasteiger partial charge in [0.05, 0.1) is 19.3 Å². The number of hydrogen-bond acceptors (Lipinski definition) is 7. The molecule has 1 amide bonds. The van der Waals surface area contributed by atoms with Crippen molar-refractivity contribution < 1.29 is 27.9 Å². The number of ketones is 1. The quantitative estimate of drug-likeness (QED) is 0.488. The maximum absolute atomic E-state index is 12.5. The van der Waals surface area contributed by atoms with Crippen LogP contribution in [-0.2, 0) is 23.2 Å². The molecule has 1 atom stereocenters. The molecule has 0 aromatic heterocycles. The van der Waals surface area contributed by atoms with Crippen LogP contribution in [0.1, 0.15) is 26.3 Å². The molecule has 0 fully saturated rings. The van der Waals surface area contributed by atoms with E-state index in [-0.39, 0.29) is 19.6 Å². The lowest BCUT2D eigenvalue weighted by atomic mass is 10.1. The van der Waals surface area contributed by atoms with E-state index in [4.69, 9.17) is 19.0 Å². The summed E-state index contributed by atoms with van der Waals surface area (Å²) in [5, 5.41) is 11.4. The van der Waals surface area contributed by atoms with Crippen LogP contribution in [0, 0.1) is 24.2 Å². The van der Waals surface area contributed by atoms with E-state index in [1.165, 1.54) is 13.0 Å². The Hall–Kier alpha value is -2.20. The van der Waals surface area contributed by atoms with E-state index in [1.54, 1.807) is 39.0 Å². The molecule has 1 unspecified atom stereocenters. The summed E-state index contributed by atoms with van der Waals surface area (Å²) in [4.78, 5) is 23.3. The molecule has 0 aliphatic heterocycles. The fourth-order valence-electron chi connectivity index (χ4n) is 2.04. The second kappa shape index (κ2) is 10.1. The highest BCUT2D eigenvalue weighted by Gasteiger charge is 2.26. The van der Waals surface area contributed by atoms with Gasteiger partial charge in [0.15, 0.2) is 18.0 Å². The van der Waals surface area contributed by atoms with Crippen LogP contribution in [0.4, 0.5) is 5.69 Å². The third kappa shape index (κ3) is 6.26. The highest BCUT2D eigenvalue weighted by molar-refractivity contribution is 7.53. The summed E-state index contributed by atoms with van der Waals surface area (Å²) < 4.78 is 28.3. The molecule has 0 bridgehead atoms. The van der Waals surface area contributed by atoms with Gasteiger partial charge in [0.2, 0.25) is 5.91 Å². The number of hydrogen-bond donors (Lipinski definition) is 1. The van der Waals surface area contributed by atoms with Crippen LogP contribution >= 0.6 is 7.60 Å². The summed E-state index contributed by atoms with van der Waals surface area (Å²) in [5.74, 6) is -2.26. The molecule has 1 rings (SSSR count). The number of rotatable bonds is 10. The lowest BCUT2D eigenvalue weighted by Crippen LogP contribution is -2.26. The molecule has 26 heavy (non-hydrogen) atoms. The summed E-state index contributed by atoms with van der Waals surface area (Å²) in [5.41, 5.74) is 1.09. The van der Waals surface area contributed by atoms with Crippen molar-refractivity contribution in [1.82, 2.24) is 0 Å². The first-order valence-electron chi connectivity index (χ1n) is 8.08. The normalized spacial score (nSPS) is 12.1. The first-order valence-corrected chi connectivity index (χ1v) is 9.81. The molecule has 1 N–H and O–H groups in total. The third-order valence-electron chi connectivity index (χ3n) is 3.28. The minimum Gasteiger partial charge on any atom is -0.481 e. The lowest BCUT2D eigenvalue weighted by molar-refractivity contribution is -0.127. The summed E-state index contributed by atoms with van der Waals surface area (Å²) in [7, 11) is -3.38. The number of nitrogens with zero attached hydrogens (tertiary/aromatic N) is 1. The molecule has 142 valence electrons. The smallest absolute Gasteiger partial charge is 0.367 e. The number of nitrogens with one attached hydrogen (secondary N) is 1. The standard InChI is InChI=1S/C17H23N2O6P/c1-5-24-26(22,25-6-2)11-23-16-9-14(8-7-12(16)3)19-17(21)15(10-18)13(4)20/h7-9,15H,5-6,11H2,1-4H3,(H,19,21). The molecule has 0 spiro atoms. The maximum atomic E-state index is 12.5. The number of Topliss-reactive ketones (excluding diaryl/α,β-unsaturated/α-hetero) is 1. The second-order valence-corrected chi connectivity index (χ2v) is 7.36. The number of aryl methyl sites for hydroxylation is 1. The summed E-state index contributed by atoms with van der Waals surface area (Å²) in [6.07, 6.45) is -0.277. The topological polar surface area (TPSA) is 115 Å². The van der Waals surface area contributed by atoms with Gasteiger partial charge in [-0.1, -0.05) is 6.07 Å². The molecule has 0 saturated heterocycles. The van der Waals surface area contributed by atoms with Gasteiger partial charge in [0, 0.05) is 11.8 Å². The average molecular weight is 382 g/mol. The van der Waals surface area contributed by atoms with E-state index in [2.05, 4.69) is 5.32 Å². The number of carbonyl (C=O) groups excluding carboxylic acids is 2. The first-order chi connectivity index (χ1) is 12.3. The molecule has 1 aromatic rings. The molecule has 8 nitrogen and oxygen atoms in total. The van der Waals surface area contributed by atoms with Gasteiger partial charge < -0.3 is 19.1 Å². The molecule has 0 aliphatic carbocycles.